The first-order valence-corrected chi connectivity index (χ1v) is 7.53. The van der Waals surface area contributed by atoms with Gasteiger partial charge in [-0.1, -0.05) is 26.7 Å². The highest BCUT2D eigenvalue weighted by atomic mass is 35.5. The lowest BCUT2D eigenvalue weighted by atomic mass is 9.95. The van der Waals surface area contributed by atoms with Crippen LogP contribution in [-0.2, 0) is 5.88 Å². The summed E-state index contributed by atoms with van der Waals surface area (Å²) in [5.41, 5.74) is 1.48. The van der Waals surface area contributed by atoms with Crippen molar-refractivity contribution in [3.8, 4) is 5.88 Å². The highest BCUT2D eigenvalue weighted by molar-refractivity contribution is 6.16. The molecule has 6 heteroatoms. The van der Waals surface area contributed by atoms with Crippen LogP contribution in [0.2, 0.25) is 0 Å². The monoisotopic (exact) mass is 296 g/mol. The molecule has 1 unspecified atom stereocenters. The molecule has 0 aliphatic heterocycles. The Morgan fingerprint density at radius 2 is 2.00 bits per heavy atom. The van der Waals surface area contributed by atoms with Gasteiger partial charge in [-0.3, -0.25) is 0 Å². The summed E-state index contributed by atoms with van der Waals surface area (Å²) in [5, 5.41) is 0. The highest BCUT2D eigenvalue weighted by Crippen LogP contribution is 2.31. The molecule has 0 aliphatic carbocycles. The highest BCUT2D eigenvalue weighted by Gasteiger charge is 2.23. The van der Waals surface area contributed by atoms with Crippen LogP contribution in [0.4, 0.5) is 0 Å². The molecule has 0 aromatic carbocycles. The molecule has 2 aromatic rings. The number of rotatable bonds is 6. The molecule has 0 amide bonds. The number of fused-ring (bicyclic) bond motifs is 1. The van der Waals surface area contributed by atoms with Crippen molar-refractivity contribution in [3.05, 3.63) is 12.2 Å². The van der Waals surface area contributed by atoms with Crippen molar-refractivity contribution >= 4 is 22.8 Å². The standard InChI is InChI=1S/C14H21ClN4O/c1-5-10(6-2)9(3)19-11(7-15)18-12-13(19)16-8-17-14(12)20-4/h8-10H,5-7H2,1-4H3. The Balaban J connectivity index is 2.61. The molecule has 2 rings (SSSR count). The van der Waals surface area contributed by atoms with Gasteiger partial charge in [-0.25, -0.2) is 9.97 Å². The van der Waals surface area contributed by atoms with Crippen molar-refractivity contribution in [3.63, 3.8) is 0 Å². The van der Waals surface area contributed by atoms with E-state index in [1.54, 1.807) is 7.11 Å². The molecular formula is C14H21ClN4O. The fourth-order valence-electron chi connectivity index (χ4n) is 2.79. The molecule has 2 aromatic heterocycles. The van der Waals surface area contributed by atoms with Gasteiger partial charge >= 0.3 is 0 Å². The van der Waals surface area contributed by atoms with E-state index >= 15 is 0 Å². The van der Waals surface area contributed by atoms with Crippen LogP contribution in [0, 0.1) is 5.92 Å². The topological polar surface area (TPSA) is 52.8 Å². The lowest BCUT2D eigenvalue weighted by Crippen LogP contribution is -2.18. The summed E-state index contributed by atoms with van der Waals surface area (Å²) in [6.07, 6.45) is 3.74. The van der Waals surface area contributed by atoms with Gasteiger partial charge in [0.1, 0.15) is 12.2 Å². The van der Waals surface area contributed by atoms with E-state index in [1.807, 2.05) is 0 Å². The number of halogens is 1. The molecule has 0 saturated heterocycles. The maximum Gasteiger partial charge on any atom is 0.245 e. The molecule has 0 saturated carbocycles. The van der Waals surface area contributed by atoms with Crippen LogP contribution in [0.3, 0.4) is 0 Å². The first kappa shape index (κ1) is 15.0. The molecule has 1 atom stereocenters. The third-order valence-corrected chi connectivity index (χ3v) is 4.21. The molecule has 110 valence electrons. The Morgan fingerprint density at radius 3 is 2.55 bits per heavy atom. The second kappa shape index (κ2) is 6.39. The molecular weight excluding hydrogens is 276 g/mol. The minimum absolute atomic E-state index is 0.295. The van der Waals surface area contributed by atoms with Crippen LogP contribution in [0.1, 0.15) is 45.5 Å². The average molecular weight is 297 g/mol. The van der Waals surface area contributed by atoms with Crippen molar-refractivity contribution in [1.29, 1.82) is 0 Å². The Bertz CT molecular complexity index is 580. The Morgan fingerprint density at radius 1 is 1.30 bits per heavy atom. The molecule has 0 N–H and O–H groups in total. The largest absolute Gasteiger partial charge is 0.479 e. The molecule has 5 nitrogen and oxygen atoms in total. The first-order valence-electron chi connectivity index (χ1n) is 6.99. The van der Waals surface area contributed by atoms with Crippen molar-refractivity contribution in [2.45, 2.75) is 45.5 Å². The minimum Gasteiger partial charge on any atom is -0.479 e. The lowest BCUT2D eigenvalue weighted by molar-refractivity contribution is 0.333. The third kappa shape index (κ3) is 2.46. The fraction of sp³-hybridized carbons (Fsp3) is 0.643. The van der Waals surface area contributed by atoms with Gasteiger partial charge in [-0.05, 0) is 12.8 Å². The van der Waals surface area contributed by atoms with Crippen molar-refractivity contribution in [2.24, 2.45) is 5.92 Å². The van der Waals surface area contributed by atoms with Gasteiger partial charge in [0.2, 0.25) is 5.88 Å². The summed E-state index contributed by atoms with van der Waals surface area (Å²) >= 11 is 6.06. The van der Waals surface area contributed by atoms with E-state index in [9.17, 15) is 0 Å². The van der Waals surface area contributed by atoms with E-state index in [0.717, 1.165) is 24.3 Å². The van der Waals surface area contributed by atoms with Gasteiger partial charge in [-0.2, -0.15) is 4.98 Å². The van der Waals surface area contributed by atoms with Crippen molar-refractivity contribution < 1.29 is 4.74 Å². The second-order valence-electron chi connectivity index (χ2n) is 4.90. The SMILES string of the molecule is CCC(CC)C(C)n1c(CCl)nc2c(OC)ncnc21. The number of imidazole rings is 1. The van der Waals surface area contributed by atoms with Crippen molar-refractivity contribution in [1.82, 2.24) is 19.5 Å². The predicted octanol–water partition coefficient (Wildman–Crippen LogP) is 3.57. The minimum atomic E-state index is 0.295. The second-order valence-corrected chi connectivity index (χ2v) is 5.17. The van der Waals surface area contributed by atoms with Gasteiger partial charge in [0.05, 0.1) is 13.0 Å². The Hall–Kier alpha value is -1.36. The zero-order valence-corrected chi connectivity index (χ0v) is 13.2. The third-order valence-electron chi connectivity index (χ3n) is 3.97. The lowest BCUT2D eigenvalue weighted by Gasteiger charge is -2.24. The van der Waals surface area contributed by atoms with Crippen LogP contribution in [0.25, 0.3) is 11.2 Å². The number of ether oxygens (including phenoxy) is 1. The molecule has 0 fully saturated rings. The fourth-order valence-corrected chi connectivity index (χ4v) is 2.98. The summed E-state index contributed by atoms with van der Waals surface area (Å²) in [7, 11) is 1.59. The molecule has 0 aliphatic rings. The summed E-state index contributed by atoms with van der Waals surface area (Å²) < 4.78 is 7.39. The maximum atomic E-state index is 6.06. The molecule has 0 bridgehead atoms. The van der Waals surface area contributed by atoms with E-state index in [-0.39, 0.29) is 0 Å². The van der Waals surface area contributed by atoms with E-state index in [0.29, 0.717) is 29.2 Å². The number of methoxy groups -OCH3 is 1. The van der Waals surface area contributed by atoms with Gasteiger partial charge < -0.3 is 9.30 Å². The number of hydrogen-bond acceptors (Lipinski definition) is 4. The van der Waals surface area contributed by atoms with Crippen LogP contribution < -0.4 is 4.74 Å². The van der Waals surface area contributed by atoms with Crippen LogP contribution >= 0.6 is 11.6 Å². The zero-order valence-electron chi connectivity index (χ0n) is 12.4. The number of aromatic nitrogens is 4. The van der Waals surface area contributed by atoms with E-state index < -0.39 is 0 Å². The number of hydrogen-bond donors (Lipinski definition) is 0. The van der Waals surface area contributed by atoms with Crippen LogP contribution in [-0.4, -0.2) is 26.6 Å². The van der Waals surface area contributed by atoms with Crippen LogP contribution in [0.5, 0.6) is 5.88 Å². The van der Waals surface area contributed by atoms with Gasteiger partial charge in [-0.15, -0.1) is 11.6 Å². The average Bonchev–Trinajstić information content (AvgIpc) is 2.86. The summed E-state index contributed by atoms with van der Waals surface area (Å²) in [4.78, 5) is 13.0. The molecule has 2 heterocycles. The summed E-state index contributed by atoms with van der Waals surface area (Å²) in [6.45, 7) is 6.61. The predicted molar refractivity (Wildman–Crippen MR) is 80.2 cm³/mol. The summed E-state index contributed by atoms with van der Waals surface area (Å²) in [6, 6.07) is 0.295. The van der Waals surface area contributed by atoms with Crippen molar-refractivity contribution in [2.75, 3.05) is 7.11 Å². The molecule has 20 heavy (non-hydrogen) atoms. The normalized spacial score (nSPS) is 13.1. The molecule has 0 radical (unpaired) electrons. The quantitative estimate of drug-likeness (QED) is 0.765. The van der Waals surface area contributed by atoms with Gasteiger partial charge in [0.25, 0.3) is 0 Å². The number of nitrogens with zero attached hydrogens (tertiary/aromatic N) is 4. The zero-order chi connectivity index (χ0) is 14.7. The van der Waals surface area contributed by atoms with E-state index in [2.05, 4.69) is 40.3 Å². The van der Waals surface area contributed by atoms with E-state index in [1.165, 1.54) is 6.33 Å². The first-order chi connectivity index (χ1) is 9.67. The number of alkyl halides is 1. The van der Waals surface area contributed by atoms with Gasteiger partial charge in [0, 0.05) is 6.04 Å². The Labute approximate surface area is 124 Å². The van der Waals surface area contributed by atoms with Gasteiger partial charge in [0.15, 0.2) is 11.2 Å². The van der Waals surface area contributed by atoms with E-state index in [4.69, 9.17) is 16.3 Å². The Kier molecular flexibility index (Phi) is 4.81. The maximum absolute atomic E-state index is 6.06. The van der Waals surface area contributed by atoms with Crippen LogP contribution in [0.15, 0.2) is 6.33 Å². The summed E-state index contributed by atoms with van der Waals surface area (Å²) in [5.74, 6) is 2.23. The smallest absolute Gasteiger partial charge is 0.245 e. The molecule has 0 spiro atoms.